The van der Waals surface area contributed by atoms with Gasteiger partial charge in [0.05, 0.1) is 30.0 Å². The number of methoxy groups -OCH3 is 2. The second kappa shape index (κ2) is 11.8. The molecule has 0 radical (unpaired) electrons. The zero-order valence-electron chi connectivity index (χ0n) is 20.3. The van der Waals surface area contributed by atoms with Crippen LogP contribution in [0.1, 0.15) is 15.9 Å². The van der Waals surface area contributed by atoms with Crippen LogP contribution in [0.25, 0.3) is 0 Å². The molecule has 0 fully saturated rings. The summed E-state index contributed by atoms with van der Waals surface area (Å²) >= 11 is 18.5. The number of nitrogens with one attached hydrogen (secondary N) is 2. The van der Waals surface area contributed by atoms with Gasteiger partial charge in [-0.2, -0.15) is 0 Å². The van der Waals surface area contributed by atoms with Crippen LogP contribution < -0.4 is 25.0 Å². The molecule has 196 valence electrons. The summed E-state index contributed by atoms with van der Waals surface area (Å²) in [6.07, 6.45) is 0.574. The van der Waals surface area contributed by atoms with Gasteiger partial charge < -0.3 is 20.1 Å². The van der Waals surface area contributed by atoms with Crippen molar-refractivity contribution in [2.45, 2.75) is 6.42 Å². The number of nitrogens with zero attached hydrogens (tertiary/aromatic N) is 1. The smallest absolute Gasteiger partial charge is 0.283 e. The van der Waals surface area contributed by atoms with Crippen molar-refractivity contribution in [1.29, 1.82) is 0 Å². The third kappa shape index (κ3) is 5.57. The molecule has 3 amide bonds. The van der Waals surface area contributed by atoms with E-state index in [0.717, 1.165) is 10.5 Å². The summed E-state index contributed by atoms with van der Waals surface area (Å²) in [6.45, 7) is 0.380. The van der Waals surface area contributed by atoms with Gasteiger partial charge in [0.1, 0.15) is 10.7 Å². The highest BCUT2D eigenvalue weighted by molar-refractivity contribution is 6.54. The first-order chi connectivity index (χ1) is 18.2. The summed E-state index contributed by atoms with van der Waals surface area (Å²) in [5, 5.41) is 5.65. The molecule has 0 saturated carbocycles. The molecule has 3 aromatic carbocycles. The monoisotopic (exact) mass is 573 g/mol. The van der Waals surface area contributed by atoms with Crippen LogP contribution in [0.3, 0.4) is 0 Å². The highest BCUT2D eigenvalue weighted by atomic mass is 35.5. The van der Waals surface area contributed by atoms with Crippen LogP contribution in [0.4, 0.5) is 11.4 Å². The van der Waals surface area contributed by atoms with Crippen molar-refractivity contribution in [3.05, 3.63) is 92.6 Å². The number of halogens is 3. The predicted octanol–water partition coefficient (Wildman–Crippen LogP) is 5.42. The number of anilines is 2. The Kier molecular flexibility index (Phi) is 8.46. The predicted molar refractivity (Wildman–Crippen MR) is 147 cm³/mol. The lowest BCUT2D eigenvalue weighted by Gasteiger charge is -2.17. The summed E-state index contributed by atoms with van der Waals surface area (Å²) in [4.78, 5) is 39.4. The fourth-order valence-corrected chi connectivity index (χ4v) is 4.43. The minimum absolute atomic E-state index is 0.0494. The lowest BCUT2D eigenvalue weighted by molar-refractivity contribution is -0.120. The Morgan fingerprint density at radius 1 is 0.895 bits per heavy atom. The lowest BCUT2D eigenvalue weighted by Crippen LogP contribution is -2.32. The van der Waals surface area contributed by atoms with E-state index in [-0.39, 0.29) is 32.4 Å². The highest BCUT2D eigenvalue weighted by Gasteiger charge is 2.40. The molecule has 0 saturated heterocycles. The van der Waals surface area contributed by atoms with Crippen molar-refractivity contribution in [3.8, 4) is 11.5 Å². The van der Waals surface area contributed by atoms with Gasteiger partial charge in [0.15, 0.2) is 11.5 Å². The summed E-state index contributed by atoms with van der Waals surface area (Å²) in [5.41, 5.74) is 1.69. The summed E-state index contributed by atoms with van der Waals surface area (Å²) in [5.74, 6) is -0.517. The van der Waals surface area contributed by atoms with E-state index in [0.29, 0.717) is 35.7 Å². The first-order valence-electron chi connectivity index (χ1n) is 11.3. The molecular formula is C27H22Cl3N3O5. The van der Waals surface area contributed by atoms with Gasteiger partial charge >= 0.3 is 0 Å². The molecule has 3 aromatic rings. The summed E-state index contributed by atoms with van der Waals surface area (Å²) in [6, 6.07) is 16.6. The molecule has 1 heterocycles. The Labute approximate surface area is 234 Å². The van der Waals surface area contributed by atoms with E-state index in [9.17, 15) is 14.4 Å². The Balaban J connectivity index is 1.43. The quantitative estimate of drug-likeness (QED) is 0.331. The number of hydrogen-bond donors (Lipinski definition) is 2. The van der Waals surface area contributed by atoms with Gasteiger partial charge in [0.2, 0.25) is 0 Å². The second-order valence-corrected chi connectivity index (χ2v) is 9.27. The molecule has 0 unspecified atom stereocenters. The number of benzene rings is 3. The average molecular weight is 575 g/mol. The van der Waals surface area contributed by atoms with E-state index in [1.807, 2.05) is 18.2 Å². The Hall–Kier alpha value is -3.72. The van der Waals surface area contributed by atoms with Crippen molar-refractivity contribution >= 4 is 63.9 Å². The molecule has 38 heavy (non-hydrogen) atoms. The fraction of sp³-hybridized carbons (Fsp3) is 0.148. The average Bonchev–Trinajstić information content (AvgIpc) is 3.13. The zero-order chi connectivity index (χ0) is 27.4. The molecule has 1 aliphatic heterocycles. The first-order valence-corrected chi connectivity index (χ1v) is 12.5. The van der Waals surface area contributed by atoms with Crippen LogP contribution in [0.2, 0.25) is 10.0 Å². The molecule has 2 N–H and O–H groups in total. The molecule has 8 nitrogen and oxygen atoms in total. The molecule has 1 aliphatic rings. The summed E-state index contributed by atoms with van der Waals surface area (Å²) in [7, 11) is 3.13. The number of carbonyl (C=O) groups excluding carboxylic acids is 3. The Bertz CT molecular complexity index is 1460. The molecule has 0 aliphatic carbocycles. The molecule has 0 aromatic heterocycles. The maximum Gasteiger partial charge on any atom is 0.283 e. The van der Waals surface area contributed by atoms with Crippen molar-refractivity contribution in [1.82, 2.24) is 5.32 Å². The first kappa shape index (κ1) is 27.3. The van der Waals surface area contributed by atoms with Crippen molar-refractivity contribution in [3.63, 3.8) is 0 Å². The number of amides is 3. The lowest BCUT2D eigenvalue weighted by atomic mass is 10.1. The molecular weight excluding hydrogens is 553 g/mol. The van der Waals surface area contributed by atoms with Gasteiger partial charge in [-0.25, -0.2) is 4.90 Å². The van der Waals surface area contributed by atoms with Crippen LogP contribution in [0, 0.1) is 0 Å². The number of imide groups is 1. The molecule has 0 atom stereocenters. The SMILES string of the molecule is COc1ccc(CCNC(=O)c2cccc(NC3=C(Cl)C(=O)N(c4cccc(Cl)c4Cl)C3=O)c2)cc1OC. The molecule has 4 rings (SSSR count). The Morgan fingerprint density at radius 2 is 1.63 bits per heavy atom. The van der Waals surface area contributed by atoms with Gasteiger partial charge in [-0.3, -0.25) is 14.4 Å². The van der Waals surface area contributed by atoms with Gasteiger partial charge in [-0.05, 0) is 54.4 Å². The van der Waals surface area contributed by atoms with Gasteiger partial charge in [0, 0.05) is 17.8 Å². The number of carbonyl (C=O) groups is 3. The van der Waals surface area contributed by atoms with Crippen LogP contribution in [0.5, 0.6) is 11.5 Å². The third-order valence-corrected chi connectivity index (χ3v) is 6.90. The van der Waals surface area contributed by atoms with E-state index in [2.05, 4.69) is 10.6 Å². The number of ether oxygens (including phenoxy) is 2. The minimum Gasteiger partial charge on any atom is -0.493 e. The third-order valence-electron chi connectivity index (χ3n) is 5.74. The maximum absolute atomic E-state index is 13.1. The van der Waals surface area contributed by atoms with Gasteiger partial charge in [0.25, 0.3) is 17.7 Å². The molecule has 0 bridgehead atoms. The fourth-order valence-electron chi connectivity index (χ4n) is 3.84. The second-order valence-electron chi connectivity index (χ2n) is 8.11. The highest BCUT2D eigenvalue weighted by Crippen LogP contribution is 2.37. The topological polar surface area (TPSA) is 97.0 Å². The Morgan fingerprint density at radius 3 is 2.37 bits per heavy atom. The van der Waals surface area contributed by atoms with E-state index < -0.39 is 11.8 Å². The van der Waals surface area contributed by atoms with Crippen LogP contribution in [-0.2, 0) is 16.0 Å². The van der Waals surface area contributed by atoms with Crippen LogP contribution in [-0.4, -0.2) is 38.5 Å². The van der Waals surface area contributed by atoms with Crippen molar-refractivity contribution in [2.75, 3.05) is 31.0 Å². The zero-order valence-corrected chi connectivity index (χ0v) is 22.6. The summed E-state index contributed by atoms with van der Waals surface area (Å²) < 4.78 is 10.6. The molecule has 11 heteroatoms. The number of hydrogen-bond acceptors (Lipinski definition) is 6. The molecule has 0 spiro atoms. The van der Waals surface area contributed by atoms with E-state index >= 15 is 0 Å². The van der Waals surface area contributed by atoms with Crippen LogP contribution in [0.15, 0.2) is 71.4 Å². The van der Waals surface area contributed by atoms with Crippen molar-refractivity contribution < 1.29 is 23.9 Å². The van der Waals surface area contributed by atoms with E-state index in [1.54, 1.807) is 44.6 Å². The van der Waals surface area contributed by atoms with Crippen molar-refractivity contribution in [2.24, 2.45) is 0 Å². The van der Waals surface area contributed by atoms with Gasteiger partial charge in [-0.15, -0.1) is 0 Å². The van der Waals surface area contributed by atoms with Gasteiger partial charge in [-0.1, -0.05) is 53.0 Å². The van der Waals surface area contributed by atoms with E-state index in [4.69, 9.17) is 44.3 Å². The number of rotatable bonds is 9. The van der Waals surface area contributed by atoms with Crippen LogP contribution >= 0.6 is 34.8 Å². The minimum atomic E-state index is -0.743. The van der Waals surface area contributed by atoms with E-state index in [1.165, 1.54) is 12.1 Å². The normalized spacial score (nSPS) is 13.1. The largest absolute Gasteiger partial charge is 0.493 e. The standard InChI is InChI=1S/C27H22Cl3N3O5/c1-37-20-10-9-15(13-21(20)38-2)11-12-31-25(34)16-5-3-6-17(14-16)32-24-23(30)26(35)33(27(24)36)19-8-4-7-18(28)22(19)29/h3-10,13-14,32H,11-12H2,1-2H3,(H,31,34). The maximum atomic E-state index is 13.1.